The number of carbonyl (C=O) groups excluding carboxylic acids is 3. The highest BCUT2D eigenvalue weighted by molar-refractivity contribution is 6.11. The first kappa shape index (κ1) is 22.5. The average Bonchev–Trinajstić information content (AvgIpc) is 3.23. The van der Waals surface area contributed by atoms with Crippen molar-refractivity contribution in [1.82, 2.24) is 14.8 Å². The van der Waals surface area contributed by atoms with Gasteiger partial charge in [-0.25, -0.2) is 4.79 Å². The van der Waals surface area contributed by atoms with Crippen LogP contribution in [-0.4, -0.2) is 33.7 Å². The van der Waals surface area contributed by atoms with Crippen LogP contribution in [0.25, 0.3) is 0 Å². The minimum Gasteiger partial charge on any atom is -0.346 e. The number of rotatable bonds is 7. The first-order valence-electron chi connectivity index (χ1n) is 11.2. The summed E-state index contributed by atoms with van der Waals surface area (Å²) in [5, 5.41) is 2.92. The van der Waals surface area contributed by atoms with Crippen molar-refractivity contribution in [3.05, 3.63) is 94.8 Å². The summed E-state index contributed by atoms with van der Waals surface area (Å²) in [4.78, 5) is 41.1. The van der Waals surface area contributed by atoms with Gasteiger partial charge in [0.2, 0.25) is 0 Å². The Morgan fingerprint density at radius 1 is 0.970 bits per heavy atom. The summed E-state index contributed by atoms with van der Waals surface area (Å²) >= 11 is 0. The molecule has 0 radical (unpaired) electrons. The maximum absolute atomic E-state index is 13.8. The Kier molecular flexibility index (Phi) is 5.93. The van der Waals surface area contributed by atoms with Gasteiger partial charge in [-0.3, -0.25) is 14.5 Å². The summed E-state index contributed by atoms with van der Waals surface area (Å²) < 4.78 is 2.09. The van der Waals surface area contributed by atoms with Crippen LogP contribution in [0, 0.1) is 13.8 Å². The molecule has 1 atom stereocenters. The molecule has 1 unspecified atom stereocenters. The minimum atomic E-state index is -1.26. The van der Waals surface area contributed by atoms with E-state index in [-0.39, 0.29) is 18.4 Å². The Hall–Kier alpha value is -3.67. The lowest BCUT2D eigenvalue weighted by Gasteiger charge is -2.27. The molecular weight excluding hydrogens is 414 g/mol. The number of aryl methyl sites for hydroxylation is 1. The number of urea groups is 1. The van der Waals surface area contributed by atoms with E-state index in [4.69, 9.17) is 0 Å². The van der Waals surface area contributed by atoms with E-state index in [1.54, 1.807) is 0 Å². The summed E-state index contributed by atoms with van der Waals surface area (Å²) in [7, 11) is 0. The van der Waals surface area contributed by atoms with Gasteiger partial charge >= 0.3 is 6.03 Å². The second-order valence-corrected chi connectivity index (χ2v) is 8.93. The lowest BCUT2D eigenvalue weighted by molar-refractivity contribution is -0.131. The highest BCUT2D eigenvalue weighted by atomic mass is 16.2. The molecule has 170 valence electrons. The molecule has 6 nitrogen and oxygen atoms in total. The number of amides is 3. The van der Waals surface area contributed by atoms with Crippen LogP contribution in [0.15, 0.2) is 66.7 Å². The number of carbonyl (C=O) groups is 3. The molecular formula is C27H29N3O3. The van der Waals surface area contributed by atoms with Crippen LogP contribution >= 0.6 is 0 Å². The van der Waals surface area contributed by atoms with E-state index in [9.17, 15) is 14.4 Å². The normalized spacial score (nSPS) is 18.2. The number of imide groups is 1. The van der Waals surface area contributed by atoms with Gasteiger partial charge in [-0.2, -0.15) is 0 Å². The molecule has 4 rings (SSSR count). The van der Waals surface area contributed by atoms with Crippen molar-refractivity contribution in [1.29, 1.82) is 0 Å². The molecule has 0 saturated carbocycles. The quantitative estimate of drug-likeness (QED) is 0.430. The highest BCUT2D eigenvalue weighted by Crippen LogP contribution is 2.33. The summed E-state index contributed by atoms with van der Waals surface area (Å²) in [6, 6.07) is 20.3. The van der Waals surface area contributed by atoms with Crippen LogP contribution in [0.3, 0.4) is 0 Å². The van der Waals surface area contributed by atoms with E-state index in [2.05, 4.69) is 23.7 Å². The van der Waals surface area contributed by atoms with Gasteiger partial charge in [0.05, 0.1) is 6.54 Å². The predicted octanol–water partition coefficient (Wildman–Crippen LogP) is 4.56. The van der Waals surface area contributed by atoms with Crippen molar-refractivity contribution in [2.45, 2.75) is 45.7 Å². The fourth-order valence-electron chi connectivity index (χ4n) is 4.89. The Morgan fingerprint density at radius 3 is 2.15 bits per heavy atom. The molecule has 1 N–H and O–H groups in total. The zero-order chi connectivity index (χ0) is 23.8. The van der Waals surface area contributed by atoms with E-state index in [1.807, 2.05) is 80.6 Å². The summed E-state index contributed by atoms with van der Waals surface area (Å²) in [5.41, 5.74) is 2.73. The molecule has 1 aliphatic heterocycles. The van der Waals surface area contributed by atoms with Crippen LogP contribution in [0.4, 0.5) is 4.79 Å². The fourth-order valence-corrected chi connectivity index (χ4v) is 4.89. The Bertz CT molecular complexity index is 1200. The van der Waals surface area contributed by atoms with Gasteiger partial charge in [0.15, 0.2) is 11.3 Å². The number of ketones is 1. The Labute approximate surface area is 194 Å². The number of nitrogens with one attached hydrogen (secondary N) is 1. The van der Waals surface area contributed by atoms with Crippen molar-refractivity contribution < 1.29 is 14.4 Å². The number of benzene rings is 2. The Balaban J connectivity index is 1.67. The van der Waals surface area contributed by atoms with Crippen LogP contribution < -0.4 is 5.32 Å². The topological polar surface area (TPSA) is 71.4 Å². The molecule has 33 heavy (non-hydrogen) atoms. The van der Waals surface area contributed by atoms with Crippen molar-refractivity contribution >= 4 is 17.7 Å². The average molecular weight is 444 g/mol. The maximum Gasteiger partial charge on any atom is 0.325 e. The predicted molar refractivity (Wildman–Crippen MR) is 127 cm³/mol. The van der Waals surface area contributed by atoms with Gasteiger partial charge in [-0.05, 0) is 44.9 Å². The monoisotopic (exact) mass is 443 g/mol. The van der Waals surface area contributed by atoms with E-state index in [1.165, 1.54) is 0 Å². The molecule has 0 bridgehead atoms. The maximum atomic E-state index is 13.8. The molecule has 1 fully saturated rings. The first-order valence-corrected chi connectivity index (χ1v) is 11.2. The van der Waals surface area contributed by atoms with E-state index in [0.717, 1.165) is 21.9 Å². The van der Waals surface area contributed by atoms with E-state index < -0.39 is 17.5 Å². The van der Waals surface area contributed by atoms with Gasteiger partial charge in [0.1, 0.15) is 0 Å². The standard InChI is InChI=1S/C27H29N3O3/c1-18(2)30-19(3)15-23(20(30)4)24(31)17-29-25(32)27(28-26(29)33,22-13-9-6-10-14-22)16-21-11-7-5-8-12-21/h5-15,18H,16-17H2,1-4H3,(H,28,33). The van der Waals surface area contributed by atoms with Crippen molar-refractivity contribution in [3.8, 4) is 0 Å². The number of Topliss-reactive ketones (excluding diaryl/α,β-unsaturated/α-hetero) is 1. The van der Waals surface area contributed by atoms with Crippen molar-refractivity contribution in [2.75, 3.05) is 6.54 Å². The second kappa shape index (κ2) is 8.70. The van der Waals surface area contributed by atoms with Crippen LogP contribution in [0.2, 0.25) is 0 Å². The molecule has 6 heteroatoms. The van der Waals surface area contributed by atoms with Gasteiger partial charge in [0.25, 0.3) is 5.91 Å². The number of aromatic nitrogens is 1. The molecule has 0 aliphatic carbocycles. The van der Waals surface area contributed by atoms with Crippen molar-refractivity contribution in [2.24, 2.45) is 0 Å². The fraction of sp³-hybridized carbons (Fsp3) is 0.296. The van der Waals surface area contributed by atoms with E-state index in [0.29, 0.717) is 17.5 Å². The molecule has 1 saturated heterocycles. The highest BCUT2D eigenvalue weighted by Gasteiger charge is 2.52. The first-order chi connectivity index (χ1) is 15.7. The number of hydrogen-bond acceptors (Lipinski definition) is 3. The third kappa shape index (κ3) is 3.97. The lowest BCUT2D eigenvalue weighted by atomic mass is 9.83. The number of nitrogens with zero attached hydrogens (tertiary/aromatic N) is 2. The second-order valence-electron chi connectivity index (χ2n) is 8.93. The third-order valence-corrected chi connectivity index (χ3v) is 6.36. The zero-order valence-corrected chi connectivity index (χ0v) is 19.5. The zero-order valence-electron chi connectivity index (χ0n) is 19.5. The van der Waals surface area contributed by atoms with E-state index >= 15 is 0 Å². The largest absolute Gasteiger partial charge is 0.346 e. The Morgan fingerprint density at radius 2 is 1.58 bits per heavy atom. The van der Waals surface area contributed by atoms with Crippen molar-refractivity contribution in [3.63, 3.8) is 0 Å². The summed E-state index contributed by atoms with van der Waals surface area (Å²) in [6.45, 7) is 7.68. The minimum absolute atomic E-state index is 0.208. The molecule has 3 amide bonds. The molecule has 1 aromatic heterocycles. The smallest absolute Gasteiger partial charge is 0.325 e. The molecule has 2 heterocycles. The lowest BCUT2D eigenvalue weighted by Crippen LogP contribution is -2.46. The van der Waals surface area contributed by atoms with Crippen LogP contribution in [0.5, 0.6) is 0 Å². The van der Waals surface area contributed by atoms with Gasteiger partial charge in [-0.15, -0.1) is 0 Å². The summed E-state index contributed by atoms with van der Waals surface area (Å²) in [5.74, 6) is -0.657. The van der Waals surface area contributed by atoms with Crippen LogP contribution in [0.1, 0.15) is 52.8 Å². The summed E-state index contributed by atoms with van der Waals surface area (Å²) in [6.07, 6.45) is 0.301. The van der Waals surface area contributed by atoms with Gasteiger partial charge in [-0.1, -0.05) is 60.7 Å². The molecule has 0 spiro atoms. The molecule has 1 aliphatic rings. The van der Waals surface area contributed by atoms with Crippen LogP contribution in [-0.2, 0) is 16.8 Å². The third-order valence-electron chi connectivity index (χ3n) is 6.36. The SMILES string of the molecule is Cc1cc(C(=O)CN2C(=O)NC(Cc3ccccc3)(c3ccccc3)C2=O)c(C)n1C(C)C. The molecule has 2 aromatic carbocycles. The number of hydrogen-bond donors (Lipinski definition) is 1. The van der Waals surface area contributed by atoms with Gasteiger partial charge < -0.3 is 9.88 Å². The van der Waals surface area contributed by atoms with Gasteiger partial charge in [0, 0.05) is 29.4 Å². The molecule has 3 aromatic rings.